The zero-order valence-corrected chi connectivity index (χ0v) is 8.96. The molecule has 0 radical (unpaired) electrons. The standard InChI is InChI=1S/C9H17NO4/c1-5-6(7(11)12)10-8(13)14-9(2,3)4/h6H,5H2,1-4H3,(H,10,13)(H,11,12). The number of aliphatic carboxylic acids is 1. The van der Waals surface area contributed by atoms with Gasteiger partial charge in [-0.2, -0.15) is 0 Å². The molecule has 1 amide bonds. The van der Waals surface area contributed by atoms with E-state index in [9.17, 15) is 9.59 Å². The van der Waals surface area contributed by atoms with Crippen molar-refractivity contribution in [3.05, 3.63) is 0 Å². The third kappa shape index (κ3) is 5.40. The van der Waals surface area contributed by atoms with E-state index in [1.54, 1.807) is 27.7 Å². The van der Waals surface area contributed by atoms with Gasteiger partial charge in [-0.15, -0.1) is 0 Å². The number of carbonyl (C=O) groups excluding carboxylic acids is 1. The van der Waals surface area contributed by atoms with Crippen LogP contribution in [0.25, 0.3) is 0 Å². The molecule has 5 nitrogen and oxygen atoms in total. The Bertz CT molecular complexity index is 219. The van der Waals surface area contributed by atoms with Crippen molar-refractivity contribution < 1.29 is 19.4 Å². The Morgan fingerprint density at radius 1 is 1.43 bits per heavy atom. The van der Waals surface area contributed by atoms with E-state index in [2.05, 4.69) is 5.32 Å². The first-order valence-corrected chi connectivity index (χ1v) is 4.48. The molecule has 1 unspecified atom stereocenters. The first kappa shape index (κ1) is 12.7. The lowest BCUT2D eigenvalue weighted by atomic mass is 10.2. The van der Waals surface area contributed by atoms with Crippen molar-refractivity contribution in [1.29, 1.82) is 0 Å². The first-order valence-electron chi connectivity index (χ1n) is 4.48. The van der Waals surface area contributed by atoms with E-state index in [1.165, 1.54) is 0 Å². The van der Waals surface area contributed by atoms with Crippen LogP contribution >= 0.6 is 0 Å². The van der Waals surface area contributed by atoms with Crippen molar-refractivity contribution in [2.45, 2.75) is 45.8 Å². The molecule has 0 aromatic heterocycles. The number of alkyl carbamates (subject to hydrolysis) is 1. The molecule has 0 aliphatic heterocycles. The first-order chi connectivity index (χ1) is 6.26. The maximum atomic E-state index is 11.1. The number of ether oxygens (including phenoxy) is 1. The van der Waals surface area contributed by atoms with Crippen molar-refractivity contribution in [2.24, 2.45) is 0 Å². The minimum absolute atomic E-state index is 0.328. The van der Waals surface area contributed by atoms with Crippen molar-refractivity contribution in [3.63, 3.8) is 0 Å². The summed E-state index contributed by atoms with van der Waals surface area (Å²) >= 11 is 0. The van der Waals surface area contributed by atoms with Gasteiger partial charge in [-0.05, 0) is 27.2 Å². The zero-order chi connectivity index (χ0) is 11.4. The number of rotatable bonds is 3. The summed E-state index contributed by atoms with van der Waals surface area (Å²) in [6.07, 6.45) is -0.374. The Morgan fingerprint density at radius 2 is 1.93 bits per heavy atom. The molecule has 0 aliphatic rings. The van der Waals surface area contributed by atoms with Gasteiger partial charge in [0.1, 0.15) is 11.6 Å². The predicted molar refractivity (Wildman–Crippen MR) is 51.1 cm³/mol. The Labute approximate surface area is 83.4 Å². The highest BCUT2D eigenvalue weighted by atomic mass is 16.6. The van der Waals surface area contributed by atoms with E-state index >= 15 is 0 Å². The summed E-state index contributed by atoms with van der Waals surface area (Å²) in [5, 5.41) is 10.9. The van der Waals surface area contributed by atoms with Gasteiger partial charge in [0.2, 0.25) is 0 Å². The fraction of sp³-hybridized carbons (Fsp3) is 0.778. The Hall–Kier alpha value is -1.26. The number of hydrogen-bond acceptors (Lipinski definition) is 3. The van der Waals surface area contributed by atoms with Crippen LogP contribution < -0.4 is 5.32 Å². The third-order valence-corrected chi connectivity index (χ3v) is 1.40. The summed E-state index contributed by atoms with van der Waals surface area (Å²) in [5.74, 6) is -1.06. The van der Waals surface area contributed by atoms with Crippen LogP contribution in [0.4, 0.5) is 4.79 Å². The second kappa shape index (κ2) is 4.83. The molecule has 5 heteroatoms. The zero-order valence-electron chi connectivity index (χ0n) is 8.96. The third-order valence-electron chi connectivity index (χ3n) is 1.40. The monoisotopic (exact) mass is 203 g/mol. The molecule has 0 aromatic carbocycles. The van der Waals surface area contributed by atoms with Crippen LogP contribution in [0, 0.1) is 0 Å². The van der Waals surface area contributed by atoms with Crippen molar-refractivity contribution in [2.75, 3.05) is 0 Å². The van der Waals surface area contributed by atoms with Crippen LogP contribution in [0.2, 0.25) is 0 Å². The number of amides is 1. The molecule has 0 bridgehead atoms. The van der Waals surface area contributed by atoms with Crippen LogP contribution in [0.5, 0.6) is 0 Å². The minimum Gasteiger partial charge on any atom is -0.480 e. The number of hydrogen-bond donors (Lipinski definition) is 2. The van der Waals surface area contributed by atoms with Gasteiger partial charge in [-0.1, -0.05) is 6.92 Å². The quantitative estimate of drug-likeness (QED) is 0.726. The molecular formula is C9H17NO4. The molecule has 0 aliphatic carbocycles. The van der Waals surface area contributed by atoms with Crippen LogP contribution in [-0.2, 0) is 9.53 Å². The van der Waals surface area contributed by atoms with Crippen LogP contribution in [0.3, 0.4) is 0 Å². The van der Waals surface area contributed by atoms with E-state index < -0.39 is 23.7 Å². The molecule has 0 rings (SSSR count). The van der Waals surface area contributed by atoms with E-state index in [0.717, 1.165) is 0 Å². The lowest BCUT2D eigenvalue weighted by molar-refractivity contribution is -0.139. The summed E-state index contributed by atoms with van der Waals surface area (Å²) in [6.45, 7) is 6.83. The van der Waals surface area contributed by atoms with Crippen LogP contribution in [-0.4, -0.2) is 28.8 Å². The van der Waals surface area contributed by atoms with Crippen molar-refractivity contribution >= 4 is 12.1 Å². The van der Waals surface area contributed by atoms with Gasteiger partial charge < -0.3 is 15.2 Å². The molecular weight excluding hydrogens is 186 g/mol. The van der Waals surface area contributed by atoms with E-state index in [1.807, 2.05) is 0 Å². The van der Waals surface area contributed by atoms with Gasteiger partial charge in [0.05, 0.1) is 0 Å². The second-order valence-corrected chi connectivity index (χ2v) is 3.95. The molecule has 0 fully saturated rings. The topological polar surface area (TPSA) is 75.6 Å². The van der Waals surface area contributed by atoms with Gasteiger partial charge >= 0.3 is 12.1 Å². The second-order valence-electron chi connectivity index (χ2n) is 3.95. The number of carboxylic acids is 1. The minimum atomic E-state index is -1.06. The summed E-state index contributed by atoms with van der Waals surface area (Å²) in [5.41, 5.74) is -0.610. The molecule has 0 saturated carbocycles. The van der Waals surface area contributed by atoms with Crippen LogP contribution in [0.1, 0.15) is 34.1 Å². The molecule has 0 heterocycles. The largest absolute Gasteiger partial charge is 0.480 e. The van der Waals surface area contributed by atoms with Gasteiger partial charge in [0, 0.05) is 0 Å². The maximum absolute atomic E-state index is 11.1. The van der Waals surface area contributed by atoms with Gasteiger partial charge in [-0.25, -0.2) is 9.59 Å². The van der Waals surface area contributed by atoms with E-state index in [4.69, 9.17) is 9.84 Å². The summed E-state index contributed by atoms with van der Waals surface area (Å²) in [7, 11) is 0. The lowest BCUT2D eigenvalue weighted by Gasteiger charge is -2.21. The Morgan fingerprint density at radius 3 is 2.21 bits per heavy atom. The number of nitrogens with one attached hydrogen (secondary N) is 1. The molecule has 0 aromatic rings. The smallest absolute Gasteiger partial charge is 0.408 e. The van der Waals surface area contributed by atoms with Gasteiger partial charge in [-0.3, -0.25) is 0 Å². The average Bonchev–Trinajstić information content (AvgIpc) is 1.96. The highest BCUT2D eigenvalue weighted by molar-refractivity contribution is 5.79. The molecule has 0 spiro atoms. The van der Waals surface area contributed by atoms with Crippen molar-refractivity contribution in [1.82, 2.24) is 5.32 Å². The summed E-state index contributed by atoms with van der Waals surface area (Å²) in [6, 6.07) is -0.884. The predicted octanol–water partition coefficient (Wildman–Crippen LogP) is 1.37. The highest BCUT2D eigenvalue weighted by Crippen LogP contribution is 2.07. The van der Waals surface area contributed by atoms with Crippen LogP contribution in [0.15, 0.2) is 0 Å². The number of carboxylic acid groups (broad SMARTS) is 1. The normalized spacial score (nSPS) is 13.1. The summed E-state index contributed by atoms with van der Waals surface area (Å²) < 4.78 is 4.91. The Balaban J connectivity index is 4.11. The fourth-order valence-corrected chi connectivity index (χ4v) is 0.788. The highest BCUT2D eigenvalue weighted by Gasteiger charge is 2.22. The number of carbonyl (C=O) groups is 2. The van der Waals surface area contributed by atoms with Gasteiger partial charge in [0.25, 0.3) is 0 Å². The lowest BCUT2D eigenvalue weighted by Crippen LogP contribution is -2.43. The fourth-order valence-electron chi connectivity index (χ4n) is 0.788. The molecule has 1 atom stereocenters. The SMILES string of the molecule is CCC(NC(=O)OC(C)(C)C)C(=O)O. The molecule has 14 heavy (non-hydrogen) atoms. The summed E-state index contributed by atoms with van der Waals surface area (Å²) in [4.78, 5) is 21.7. The average molecular weight is 203 g/mol. The molecule has 82 valence electrons. The van der Waals surface area contributed by atoms with E-state index in [0.29, 0.717) is 6.42 Å². The van der Waals surface area contributed by atoms with Crippen molar-refractivity contribution in [3.8, 4) is 0 Å². The maximum Gasteiger partial charge on any atom is 0.408 e. The molecule has 0 saturated heterocycles. The van der Waals surface area contributed by atoms with E-state index in [-0.39, 0.29) is 0 Å². The van der Waals surface area contributed by atoms with Gasteiger partial charge in [0.15, 0.2) is 0 Å². The molecule has 2 N–H and O–H groups in total. The Kier molecular flexibility index (Phi) is 4.40.